The molecule has 1 aromatic carbocycles. The Hall–Kier alpha value is -1.83. The summed E-state index contributed by atoms with van der Waals surface area (Å²) in [6, 6.07) is 8.71. The number of allylic oxidation sites excluding steroid dienone is 1. The van der Waals surface area contributed by atoms with Crippen molar-refractivity contribution in [1.82, 2.24) is 4.57 Å². The van der Waals surface area contributed by atoms with Crippen molar-refractivity contribution in [3.8, 4) is 5.69 Å². The molecule has 0 saturated heterocycles. The number of para-hydroxylation sites is 1. The Labute approximate surface area is 139 Å². The third-order valence-corrected chi connectivity index (χ3v) is 6.23. The smallest absolute Gasteiger partial charge is 0.203 e. The number of benzene rings is 1. The summed E-state index contributed by atoms with van der Waals surface area (Å²) in [6.07, 6.45) is 10.3. The molecule has 1 aromatic heterocycles. The Kier molecular flexibility index (Phi) is 3.26. The van der Waals surface area contributed by atoms with Crippen molar-refractivity contribution >= 4 is 6.20 Å². The van der Waals surface area contributed by atoms with Gasteiger partial charge in [0.25, 0.3) is 5.82 Å². The molecule has 0 spiro atoms. The summed E-state index contributed by atoms with van der Waals surface area (Å²) in [7, 11) is 0. The minimum absolute atomic E-state index is 0.194. The molecule has 2 aromatic rings. The molecule has 2 heteroatoms. The molecule has 0 N–H and O–H groups in total. The van der Waals surface area contributed by atoms with Gasteiger partial charge in [0.15, 0.2) is 5.69 Å². The Bertz CT molecular complexity index is 790. The van der Waals surface area contributed by atoms with Gasteiger partial charge in [-0.05, 0) is 50.3 Å². The SMILES string of the molecule is Cc1ccccc1-n1c(C)c2[n+](c1C)C=CC2(C)C1CCCC1. The molecule has 2 heterocycles. The highest BCUT2D eigenvalue weighted by Gasteiger charge is 2.47. The zero-order chi connectivity index (χ0) is 16.2. The van der Waals surface area contributed by atoms with E-state index in [1.54, 1.807) is 0 Å². The maximum atomic E-state index is 2.46. The fourth-order valence-electron chi connectivity index (χ4n) is 4.96. The van der Waals surface area contributed by atoms with Crippen LogP contribution < -0.4 is 4.57 Å². The van der Waals surface area contributed by atoms with Crippen LogP contribution in [0.2, 0.25) is 0 Å². The first kappa shape index (κ1) is 14.7. The number of aromatic nitrogens is 2. The summed E-state index contributed by atoms with van der Waals surface area (Å²) >= 11 is 0. The second-order valence-corrected chi connectivity index (χ2v) is 7.55. The topological polar surface area (TPSA) is 8.81 Å². The van der Waals surface area contributed by atoms with Crippen LogP contribution in [0, 0.1) is 26.7 Å². The van der Waals surface area contributed by atoms with Crippen molar-refractivity contribution in [2.24, 2.45) is 5.92 Å². The zero-order valence-corrected chi connectivity index (χ0v) is 14.8. The first-order valence-corrected chi connectivity index (χ1v) is 8.93. The third kappa shape index (κ3) is 1.97. The van der Waals surface area contributed by atoms with Crippen LogP contribution in [-0.4, -0.2) is 4.57 Å². The van der Waals surface area contributed by atoms with Crippen molar-refractivity contribution in [3.63, 3.8) is 0 Å². The molecule has 1 saturated carbocycles. The second kappa shape index (κ2) is 5.09. The van der Waals surface area contributed by atoms with E-state index in [1.165, 1.54) is 54.1 Å². The number of hydrogen-bond acceptors (Lipinski definition) is 0. The standard InChI is InChI=1S/C21H27N2/c1-15-9-5-8-12-19(15)23-16(2)20-21(4,18-10-6-7-11-18)13-14-22(20)17(23)3/h5,8-9,12-14,18H,6-7,10-11H2,1-4H3/q+1. The predicted octanol–water partition coefficient (Wildman–Crippen LogP) is 4.62. The van der Waals surface area contributed by atoms with Crippen molar-refractivity contribution in [2.45, 2.75) is 58.8 Å². The number of nitrogens with zero attached hydrogens (tertiary/aromatic N) is 2. The second-order valence-electron chi connectivity index (χ2n) is 7.55. The molecule has 2 aliphatic rings. The van der Waals surface area contributed by atoms with Crippen molar-refractivity contribution in [3.05, 3.63) is 53.1 Å². The highest BCUT2D eigenvalue weighted by Crippen LogP contribution is 2.45. The van der Waals surface area contributed by atoms with Crippen LogP contribution in [0.3, 0.4) is 0 Å². The number of imidazole rings is 1. The normalized spacial score (nSPS) is 23.7. The molecule has 0 amide bonds. The maximum absolute atomic E-state index is 2.46. The van der Waals surface area contributed by atoms with E-state index in [2.05, 4.69) is 73.4 Å². The lowest BCUT2D eigenvalue weighted by molar-refractivity contribution is -0.581. The van der Waals surface area contributed by atoms with Gasteiger partial charge in [0.2, 0.25) is 0 Å². The maximum Gasteiger partial charge on any atom is 0.263 e. The first-order valence-electron chi connectivity index (χ1n) is 8.93. The van der Waals surface area contributed by atoms with Crippen molar-refractivity contribution < 1.29 is 4.57 Å². The van der Waals surface area contributed by atoms with E-state index in [-0.39, 0.29) is 5.41 Å². The van der Waals surface area contributed by atoms with Gasteiger partial charge in [0.05, 0.1) is 11.6 Å². The average molecular weight is 307 g/mol. The molecule has 0 bridgehead atoms. The summed E-state index contributed by atoms with van der Waals surface area (Å²) in [5.41, 5.74) is 5.74. The van der Waals surface area contributed by atoms with E-state index in [4.69, 9.17) is 0 Å². The molecule has 23 heavy (non-hydrogen) atoms. The molecule has 4 rings (SSSR count). The lowest BCUT2D eigenvalue weighted by Crippen LogP contribution is -2.37. The van der Waals surface area contributed by atoms with Crippen molar-refractivity contribution in [2.75, 3.05) is 0 Å². The molecule has 2 nitrogen and oxygen atoms in total. The van der Waals surface area contributed by atoms with E-state index >= 15 is 0 Å². The molecule has 1 atom stereocenters. The summed E-state index contributed by atoms with van der Waals surface area (Å²) in [6.45, 7) is 9.20. The Morgan fingerprint density at radius 2 is 1.78 bits per heavy atom. The molecule has 120 valence electrons. The predicted molar refractivity (Wildman–Crippen MR) is 94.8 cm³/mol. The number of aryl methyl sites for hydroxylation is 1. The van der Waals surface area contributed by atoms with Crippen LogP contribution in [0.25, 0.3) is 11.9 Å². The van der Waals surface area contributed by atoms with Crippen LogP contribution >= 0.6 is 0 Å². The summed E-state index contributed by atoms with van der Waals surface area (Å²) in [4.78, 5) is 0. The molecule has 1 aliphatic heterocycles. The minimum atomic E-state index is 0.194. The average Bonchev–Trinajstić information content (AvgIpc) is 3.22. The van der Waals surface area contributed by atoms with Crippen LogP contribution in [0.4, 0.5) is 0 Å². The number of rotatable bonds is 2. The van der Waals surface area contributed by atoms with Gasteiger partial charge in [-0.25, -0.2) is 4.57 Å². The summed E-state index contributed by atoms with van der Waals surface area (Å²) < 4.78 is 4.88. The molecule has 1 aliphatic carbocycles. The molecule has 1 fully saturated rings. The van der Waals surface area contributed by atoms with E-state index in [0.29, 0.717) is 0 Å². The van der Waals surface area contributed by atoms with Gasteiger partial charge in [0, 0.05) is 13.8 Å². The largest absolute Gasteiger partial charge is 0.263 e. The van der Waals surface area contributed by atoms with Gasteiger partial charge in [0.1, 0.15) is 11.4 Å². The Morgan fingerprint density at radius 3 is 2.48 bits per heavy atom. The van der Waals surface area contributed by atoms with Gasteiger partial charge in [-0.15, -0.1) is 0 Å². The number of fused-ring (bicyclic) bond motifs is 1. The fraction of sp³-hybridized carbons (Fsp3) is 0.476. The van der Waals surface area contributed by atoms with Crippen LogP contribution in [0.1, 0.15) is 55.4 Å². The number of hydrogen-bond donors (Lipinski definition) is 0. The highest BCUT2D eigenvalue weighted by atomic mass is 15.2. The van der Waals surface area contributed by atoms with Gasteiger partial charge >= 0.3 is 0 Å². The fourth-order valence-corrected chi connectivity index (χ4v) is 4.96. The highest BCUT2D eigenvalue weighted by molar-refractivity contribution is 5.46. The quantitative estimate of drug-likeness (QED) is 0.716. The lowest BCUT2D eigenvalue weighted by Gasteiger charge is -2.27. The van der Waals surface area contributed by atoms with Gasteiger partial charge in [-0.3, -0.25) is 0 Å². The third-order valence-electron chi connectivity index (χ3n) is 6.23. The van der Waals surface area contributed by atoms with Gasteiger partial charge < -0.3 is 0 Å². The minimum Gasteiger partial charge on any atom is -0.203 e. The van der Waals surface area contributed by atoms with Gasteiger partial charge in [-0.1, -0.05) is 31.0 Å². The summed E-state index contributed by atoms with van der Waals surface area (Å²) in [5, 5.41) is 0. The van der Waals surface area contributed by atoms with E-state index in [9.17, 15) is 0 Å². The van der Waals surface area contributed by atoms with Crippen LogP contribution in [-0.2, 0) is 5.41 Å². The van der Waals surface area contributed by atoms with Crippen LogP contribution in [0.5, 0.6) is 0 Å². The molecular formula is C21H27N2+. The van der Waals surface area contributed by atoms with E-state index in [0.717, 1.165) is 5.92 Å². The molecule has 0 radical (unpaired) electrons. The van der Waals surface area contributed by atoms with Gasteiger partial charge in [-0.2, -0.15) is 4.57 Å². The molecule has 1 unspecified atom stereocenters. The zero-order valence-electron chi connectivity index (χ0n) is 14.8. The monoisotopic (exact) mass is 307 g/mol. The van der Waals surface area contributed by atoms with E-state index in [1.807, 2.05) is 0 Å². The molecular weight excluding hydrogens is 280 g/mol. The lowest BCUT2D eigenvalue weighted by atomic mass is 9.74. The van der Waals surface area contributed by atoms with Crippen molar-refractivity contribution in [1.29, 1.82) is 0 Å². The Balaban J connectivity index is 1.91. The first-order chi connectivity index (χ1) is 11.0. The Morgan fingerprint density at radius 1 is 1.09 bits per heavy atom. The van der Waals surface area contributed by atoms with Crippen LogP contribution in [0.15, 0.2) is 30.3 Å². The van der Waals surface area contributed by atoms with E-state index < -0.39 is 0 Å². The summed E-state index contributed by atoms with van der Waals surface area (Å²) in [5.74, 6) is 2.10.